The van der Waals surface area contributed by atoms with Crippen molar-refractivity contribution < 1.29 is 14.3 Å². The molecular weight excluding hydrogens is 483 g/mol. The summed E-state index contributed by atoms with van der Waals surface area (Å²) < 4.78 is 11.4. The summed E-state index contributed by atoms with van der Waals surface area (Å²) in [6.07, 6.45) is 0. The van der Waals surface area contributed by atoms with Crippen molar-refractivity contribution in [2.75, 3.05) is 17.2 Å². The van der Waals surface area contributed by atoms with E-state index >= 15 is 0 Å². The highest BCUT2D eigenvalue weighted by Gasteiger charge is 2.12. The van der Waals surface area contributed by atoms with E-state index in [0.29, 0.717) is 22.3 Å². The molecule has 0 fully saturated rings. The van der Waals surface area contributed by atoms with Crippen LogP contribution < -0.4 is 20.1 Å². The molecule has 4 rings (SSSR count). The van der Waals surface area contributed by atoms with Gasteiger partial charge in [0.25, 0.3) is 5.91 Å². The summed E-state index contributed by atoms with van der Waals surface area (Å²) in [7, 11) is 0. The molecule has 0 unspecified atom stereocenters. The van der Waals surface area contributed by atoms with Crippen LogP contribution in [0.1, 0.15) is 11.1 Å². The van der Waals surface area contributed by atoms with Crippen LogP contribution in [-0.2, 0) is 11.3 Å². The Morgan fingerprint density at radius 1 is 0.800 bits per heavy atom. The van der Waals surface area contributed by atoms with Gasteiger partial charge >= 0.3 is 0 Å². The minimum Gasteiger partial charge on any atom is -0.481 e. The molecule has 0 radical (unpaired) electrons. The summed E-state index contributed by atoms with van der Waals surface area (Å²) >= 11 is 12.8. The first-order valence-corrected chi connectivity index (χ1v) is 11.8. The Bertz CT molecular complexity index is 1270. The van der Waals surface area contributed by atoms with Gasteiger partial charge in [-0.15, -0.1) is 0 Å². The molecule has 1 amide bonds. The van der Waals surface area contributed by atoms with E-state index in [1.807, 2.05) is 85.8 Å². The first-order chi connectivity index (χ1) is 17.0. The molecule has 7 heteroatoms. The predicted octanol–water partition coefficient (Wildman–Crippen LogP) is 7.72. The molecule has 4 aromatic rings. The van der Waals surface area contributed by atoms with Crippen LogP contribution in [0.25, 0.3) is 0 Å². The summed E-state index contributed by atoms with van der Waals surface area (Å²) in [5, 5.41) is 6.79. The number of ether oxygens (including phenoxy) is 2. The van der Waals surface area contributed by atoms with E-state index in [1.54, 1.807) is 12.1 Å². The van der Waals surface area contributed by atoms with Crippen LogP contribution in [0.5, 0.6) is 17.2 Å². The molecule has 0 spiro atoms. The minimum absolute atomic E-state index is 0.206. The Hall–Kier alpha value is -3.67. The third kappa shape index (κ3) is 7.15. The van der Waals surface area contributed by atoms with Crippen molar-refractivity contribution in [2.45, 2.75) is 13.5 Å². The van der Waals surface area contributed by atoms with Crippen LogP contribution in [0.15, 0.2) is 91.0 Å². The summed E-state index contributed by atoms with van der Waals surface area (Å²) in [5.74, 6) is 1.51. The first-order valence-electron chi connectivity index (χ1n) is 11.0. The van der Waals surface area contributed by atoms with E-state index < -0.39 is 0 Å². The fourth-order valence-corrected chi connectivity index (χ4v) is 4.02. The molecule has 0 aliphatic heterocycles. The van der Waals surface area contributed by atoms with E-state index in [-0.39, 0.29) is 18.3 Å². The van der Waals surface area contributed by atoms with E-state index in [2.05, 4.69) is 10.6 Å². The van der Waals surface area contributed by atoms with Gasteiger partial charge in [-0.2, -0.15) is 0 Å². The molecule has 5 nitrogen and oxygen atoms in total. The van der Waals surface area contributed by atoms with E-state index in [4.69, 9.17) is 32.7 Å². The average molecular weight is 507 g/mol. The summed E-state index contributed by atoms with van der Waals surface area (Å²) in [6.45, 7) is 2.26. The third-order valence-corrected chi connectivity index (χ3v) is 5.60. The maximum atomic E-state index is 12.2. The lowest BCUT2D eigenvalue weighted by Crippen LogP contribution is -2.20. The molecule has 0 heterocycles. The highest BCUT2D eigenvalue weighted by Crippen LogP contribution is 2.34. The lowest BCUT2D eigenvalue weighted by Gasteiger charge is -2.13. The van der Waals surface area contributed by atoms with Gasteiger partial charge in [-0.3, -0.25) is 4.79 Å². The van der Waals surface area contributed by atoms with Gasteiger partial charge in [0, 0.05) is 17.9 Å². The Morgan fingerprint density at radius 2 is 1.49 bits per heavy atom. The molecule has 178 valence electrons. The molecule has 0 atom stereocenters. The number of nitrogens with one attached hydrogen (secondary N) is 2. The third-order valence-electron chi connectivity index (χ3n) is 5.04. The summed E-state index contributed by atoms with van der Waals surface area (Å²) in [4.78, 5) is 12.2. The second-order valence-corrected chi connectivity index (χ2v) is 8.70. The zero-order valence-corrected chi connectivity index (χ0v) is 20.6. The Balaban J connectivity index is 1.30. The maximum Gasteiger partial charge on any atom is 0.262 e. The van der Waals surface area contributed by atoms with Gasteiger partial charge in [0.15, 0.2) is 12.4 Å². The zero-order valence-electron chi connectivity index (χ0n) is 19.1. The number of hydrogen-bond acceptors (Lipinski definition) is 4. The lowest BCUT2D eigenvalue weighted by molar-refractivity contribution is -0.118. The van der Waals surface area contributed by atoms with Crippen LogP contribution in [0, 0.1) is 6.92 Å². The van der Waals surface area contributed by atoms with Gasteiger partial charge in [0.05, 0.1) is 10.0 Å². The number of halogens is 2. The van der Waals surface area contributed by atoms with Crippen LogP contribution in [-0.4, -0.2) is 12.5 Å². The number of hydrogen-bond donors (Lipinski definition) is 2. The summed E-state index contributed by atoms with van der Waals surface area (Å²) in [6, 6.07) is 28.3. The van der Waals surface area contributed by atoms with E-state index in [1.165, 1.54) is 0 Å². The molecule has 0 saturated carbocycles. The van der Waals surface area contributed by atoms with Crippen molar-refractivity contribution in [3.8, 4) is 17.2 Å². The second-order valence-electron chi connectivity index (χ2n) is 7.89. The number of amides is 1. The van der Waals surface area contributed by atoms with Crippen LogP contribution in [0.2, 0.25) is 10.0 Å². The van der Waals surface area contributed by atoms with Gasteiger partial charge in [0.2, 0.25) is 0 Å². The molecule has 0 bridgehead atoms. The molecule has 0 aliphatic rings. The second kappa shape index (κ2) is 11.6. The number of aryl methyl sites for hydroxylation is 1. The number of carbonyl (C=O) groups excluding carboxylic acids is 1. The zero-order chi connectivity index (χ0) is 24.6. The van der Waals surface area contributed by atoms with Gasteiger partial charge < -0.3 is 20.1 Å². The van der Waals surface area contributed by atoms with Crippen molar-refractivity contribution in [1.29, 1.82) is 0 Å². The molecular formula is C28H24Cl2N2O3. The minimum atomic E-state index is -0.298. The highest BCUT2D eigenvalue weighted by molar-refractivity contribution is 6.37. The lowest BCUT2D eigenvalue weighted by atomic mass is 10.2. The number of carbonyl (C=O) groups is 1. The van der Waals surface area contributed by atoms with Gasteiger partial charge in [0.1, 0.15) is 11.5 Å². The van der Waals surface area contributed by atoms with Crippen molar-refractivity contribution >= 4 is 40.5 Å². The van der Waals surface area contributed by atoms with Gasteiger partial charge in [-0.05, 0) is 78.7 Å². The molecule has 0 aliphatic carbocycles. The van der Waals surface area contributed by atoms with Crippen LogP contribution in [0.3, 0.4) is 0 Å². The van der Waals surface area contributed by atoms with E-state index in [9.17, 15) is 4.79 Å². The van der Waals surface area contributed by atoms with Crippen molar-refractivity contribution in [2.24, 2.45) is 0 Å². The average Bonchev–Trinajstić information content (AvgIpc) is 2.84. The predicted molar refractivity (Wildman–Crippen MR) is 142 cm³/mol. The molecule has 0 saturated heterocycles. The van der Waals surface area contributed by atoms with Crippen molar-refractivity contribution in [3.05, 3.63) is 112 Å². The number of rotatable bonds is 9. The quantitative estimate of drug-likeness (QED) is 0.244. The SMILES string of the molecule is Cc1cccc(NC(=O)COc2c(Cl)cc(CNc3ccc(Oc4ccccc4)cc3)cc2Cl)c1. The number of benzene rings is 4. The highest BCUT2D eigenvalue weighted by atomic mass is 35.5. The van der Waals surface area contributed by atoms with Crippen LogP contribution >= 0.6 is 23.2 Å². The Morgan fingerprint density at radius 3 is 2.17 bits per heavy atom. The standard InChI is InChI=1S/C28H24Cl2N2O3/c1-19-6-5-7-22(14-19)32-27(33)18-34-28-25(29)15-20(16-26(28)30)17-31-21-10-12-24(13-11-21)35-23-8-3-2-4-9-23/h2-16,31H,17-18H2,1H3,(H,32,33). The first kappa shape index (κ1) is 24.5. The summed E-state index contributed by atoms with van der Waals surface area (Å²) in [5.41, 5.74) is 3.55. The smallest absolute Gasteiger partial charge is 0.262 e. The Labute approximate surface area is 214 Å². The van der Waals surface area contributed by atoms with Gasteiger partial charge in [-0.25, -0.2) is 0 Å². The number of anilines is 2. The van der Waals surface area contributed by atoms with Crippen molar-refractivity contribution in [1.82, 2.24) is 0 Å². The molecule has 0 aromatic heterocycles. The molecule has 4 aromatic carbocycles. The number of para-hydroxylation sites is 1. The maximum absolute atomic E-state index is 12.2. The largest absolute Gasteiger partial charge is 0.481 e. The molecule has 2 N–H and O–H groups in total. The van der Waals surface area contributed by atoms with E-state index in [0.717, 1.165) is 28.3 Å². The van der Waals surface area contributed by atoms with Crippen molar-refractivity contribution in [3.63, 3.8) is 0 Å². The Kier molecular flexibility index (Phi) is 8.14. The van der Waals surface area contributed by atoms with Gasteiger partial charge in [-0.1, -0.05) is 53.5 Å². The monoisotopic (exact) mass is 506 g/mol. The van der Waals surface area contributed by atoms with Crippen LogP contribution in [0.4, 0.5) is 11.4 Å². The topological polar surface area (TPSA) is 59.6 Å². The fraction of sp³-hybridized carbons (Fsp3) is 0.107. The fourth-order valence-electron chi connectivity index (χ4n) is 3.38. The molecule has 35 heavy (non-hydrogen) atoms. The normalized spacial score (nSPS) is 10.5.